The normalized spacial score (nSPS) is 21.6. The van der Waals surface area contributed by atoms with Crippen LogP contribution >= 0.6 is 11.6 Å². The molecule has 3 amide bonds. The Bertz CT molecular complexity index is 631. The summed E-state index contributed by atoms with van der Waals surface area (Å²) in [7, 11) is 0. The van der Waals surface area contributed by atoms with Crippen LogP contribution in [0.1, 0.15) is 24.5 Å². The van der Waals surface area contributed by atoms with E-state index in [0.29, 0.717) is 17.0 Å². The molecule has 6 nitrogen and oxygen atoms in total. The molecular weight excluding hydrogens is 296 g/mol. The summed E-state index contributed by atoms with van der Waals surface area (Å²) in [6, 6.07) is 4.36. The maximum atomic E-state index is 12.5. The molecule has 21 heavy (non-hydrogen) atoms. The number of amides is 3. The molecule has 1 atom stereocenters. The number of hydrogen-bond donors (Lipinski definition) is 2. The molecule has 112 valence electrons. The number of halogens is 1. The molecule has 7 heteroatoms. The lowest BCUT2D eigenvalue weighted by Crippen LogP contribution is -2.44. The Hall–Kier alpha value is -2.08. The third kappa shape index (κ3) is 2.47. The first-order chi connectivity index (χ1) is 9.81. The summed E-state index contributed by atoms with van der Waals surface area (Å²) in [5.74, 6) is -1.79. The number of rotatable bonds is 4. The van der Waals surface area contributed by atoms with Crippen molar-refractivity contribution >= 4 is 29.5 Å². The maximum absolute atomic E-state index is 12.5. The van der Waals surface area contributed by atoms with Gasteiger partial charge in [-0.1, -0.05) is 30.7 Å². The number of hydrogen-bond acceptors (Lipinski definition) is 3. The minimum Gasteiger partial charge on any atom is -0.480 e. The first-order valence-corrected chi connectivity index (χ1v) is 6.82. The molecular formula is C14H15ClN2O4. The van der Waals surface area contributed by atoms with E-state index in [-0.39, 0.29) is 0 Å². The minimum absolute atomic E-state index is 0.314. The number of carbonyl (C=O) groups is 3. The molecule has 0 saturated carbocycles. The minimum atomic E-state index is -1.24. The van der Waals surface area contributed by atoms with Gasteiger partial charge in [0.05, 0.1) is 0 Å². The average molecular weight is 311 g/mol. The molecule has 1 aromatic rings. The topological polar surface area (TPSA) is 86.7 Å². The van der Waals surface area contributed by atoms with Gasteiger partial charge in [0.15, 0.2) is 0 Å². The van der Waals surface area contributed by atoms with E-state index in [4.69, 9.17) is 16.7 Å². The highest BCUT2D eigenvalue weighted by Crippen LogP contribution is 2.34. The highest BCUT2D eigenvalue weighted by atomic mass is 35.5. The van der Waals surface area contributed by atoms with Crippen LogP contribution in [0.4, 0.5) is 4.79 Å². The number of aliphatic carboxylic acids is 1. The molecule has 2 rings (SSSR count). The predicted octanol–water partition coefficient (Wildman–Crippen LogP) is 1.89. The Morgan fingerprint density at radius 2 is 2.10 bits per heavy atom. The highest BCUT2D eigenvalue weighted by molar-refractivity contribution is 6.31. The third-order valence-electron chi connectivity index (χ3n) is 3.65. The number of imide groups is 1. The summed E-state index contributed by atoms with van der Waals surface area (Å²) in [4.78, 5) is 36.0. The second kappa shape index (κ2) is 5.37. The second-order valence-electron chi connectivity index (χ2n) is 4.94. The number of benzene rings is 1. The summed E-state index contributed by atoms with van der Waals surface area (Å²) in [6.07, 6.45) is 0.314. The molecule has 0 aliphatic carbocycles. The van der Waals surface area contributed by atoms with Gasteiger partial charge in [-0.05, 0) is 30.5 Å². The van der Waals surface area contributed by atoms with E-state index in [1.165, 1.54) is 0 Å². The molecule has 0 bridgehead atoms. The number of urea groups is 1. The summed E-state index contributed by atoms with van der Waals surface area (Å²) in [5, 5.41) is 12.0. The van der Waals surface area contributed by atoms with Crippen molar-refractivity contribution < 1.29 is 19.5 Å². The molecule has 1 fully saturated rings. The van der Waals surface area contributed by atoms with Crippen molar-refractivity contribution in [3.63, 3.8) is 0 Å². The maximum Gasteiger partial charge on any atom is 0.325 e. The Morgan fingerprint density at radius 1 is 1.43 bits per heavy atom. The van der Waals surface area contributed by atoms with Crippen LogP contribution in [-0.2, 0) is 15.1 Å². The molecule has 0 unspecified atom stereocenters. The van der Waals surface area contributed by atoms with Crippen LogP contribution in [0.5, 0.6) is 0 Å². The molecule has 1 aliphatic heterocycles. The molecule has 0 aromatic heterocycles. The van der Waals surface area contributed by atoms with Crippen molar-refractivity contribution in [3.8, 4) is 0 Å². The van der Waals surface area contributed by atoms with Gasteiger partial charge >= 0.3 is 12.0 Å². The summed E-state index contributed by atoms with van der Waals surface area (Å²) >= 11 is 5.98. The van der Waals surface area contributed by atoms with E-state index in [1.807, 2.05) is 0 Å². The molecule has 1 aromatic carbocycles. The lowest BCUT2D eigenvalue weighted by molar-refractivity contribution is -0.143. The quantitative estimate of drug-likeness (QED) is 0.831. The van der Waals surface area contributed by atoms with Gasteiger partial charge in [0.2, 0.25) is 0 Å². The zero-order chi connectivity index (χ0) is 15.8. The standard InChI is InChI=1S/C14H15ClN2O4/c1-3-14(9-4-5-10(15)8(2)6-9)12(20)17(7-11(18)19)13(21)16-14/h4-6H,3,7H2,1-2H3,(H,16,21)(H,18,19)/t14-/m1/s1. The van der Waals surface area contributed by atoms with E-state index < -0.39 is 30.0 Å². The Morgan fingerprint density at radius 3 is 2.62 bits per heavy atom. The van der Waals surface area contributed by atoms with E-state index in [0.717, 1.165) is 10.5 Å². The van der Waals surface area contributed by atoms with Gasteiger partial charge in [0.25, 0.3) is 5.91 Å². The van der Waals surface area contributed by atoms with Crippen molar-refractivity contribution in [2.24, 2.45) is 0 Å². The van der Waals surface area contributed by atoms with Crippen LogP contribution in [0.3, 0.4) is 0 Å². The fourth-order valence-electron chi connectivity index (χ4n) is 2.45. The van der Waals surface area contributed by atoms with Crippen molar-refractivity contribution in [2.45, 2.75) is 25.8 Å². The number of nitrogens with one attached hydrogen (secondary N) is 1. The molecule has 1 aliphatic rings. The van der Waals surface area contributed by atoms with Crippen LogP contribution < -0.4 is 5.32 Å². The zero-order valence-electron chi connectivity index (χ0n) is 11.6. The Kier molecular flexibility index (Phi) is 3.91. The fourth-order valence-corrected chi connectivity index (χ4v) is 2.57. The fraction of sp³-hybridized carbons (Fsp3) is 0.357. The lowest BCUT2D eigenvalue weighted by atomic mass is 9.86. The molecule has 1 heterocycles. The smallest absolute Gasteiger partial charge is 0.325 e. The molecule has 0 spiro atoms. The van der Waals surface area contributed by atoms with Crippen LogP contribution in [0.15, 0.2) is 18.2 Å². The highest BCUT2D eigenvalue weighted by Gasteiger charge is 2.51. The van der Waals surface area contributed by atoms with Crippen LogP contribution in [0.2, 0.25) is 5.02 Å². The number of aryl methyl sites for hydroxylation is 1. The van der Waals surface area contributed by atoms with Gasteiger partial charge in [-0.25, -0.2) is 4.79 Å². The van der Waals surface area contributed by atoms with Crippen LogP contribution in [0, 0.1) is 6.92 Å². The van der Waals surface area contributed by atoms with Gasteiger partial charge in [-0.2, -0.15) is 0 Å². The van der Waals surface area contributed by atoms with E-state index in [2.05, 4.69) is 5.32 Å². The third-order valence-corrected chi connectivity index (χ3v) is 4.07. The average Bonchev–Trinajstić information content (AvgIpc) is 2.66. The van der Waals surface area contributed by atoms with E-state index in [1.54, 1.807) is 32.0 Å². The molecule has 0 radical (unpaired) electrons. The second-order valence-corrected chi connectivity index (χ2v) is 5.35. The number of nitrogens with zero attached hydrogens (tertiary/aromatic N) is 1. The van der Waals surface area contributed by atoms with E-state index in [9.17, 15) is 14.4 Å². The monoisotopic (exact) mass is 310 g/mol. The van der Waals surface area contributed by atoms with Gasteiger partial charge < -0.3 is 10.4 Å². The van der Waals surface area contributed by atoms with Crippen molar-refractivity contribution in [3.05, 3.63) is 34.3 Å². The first-order valence-electron chi connectivity index (χ1n) is 6.44. The lowest BCUT2D eigenvalue weighted by Gasteiger charge is -2.26. The van der Waals surface area contributed by atoms with Crippen LogP contribution in [-0.4, -0.2) is 34.5 Å². The zero-order valence-corrected chi connectivity index (χ0v) is 12.4. The van der Waals surface area contributed by atoms with Gasteiger partial charge in [-0.15, -0.1) is 0 Å². The Labute approximate surface area is 126 Å². The first kappa shape index (κ1) is 15.3. The molecule has 2 N–H and O–H groups in total. The number of carboxylic acids is 1. The van der Waals surface area contributed by atoms with Gasteiger partial charge in [-0.3, -0.25) is 14.5 Å². The number of carboxylic acid groups (broad SMARTS) is 1. The summed E-state index contributed by atoms with van der Waals surface area (Å²) in [6.45, 7) is 2.90. The van der Waals surface area contributed by atoms with Gasteiger partial charge in [0, 0.05) is 5.02 Å². The van der Waals surface area contributed by atoms with Crippen molar-refractivity contribution in [1.29, 1.82) is 0 Å². The van der Waals surface area contributed by atoms with Crippen molar-refractivity contribution in [1.82, 2.24) is 10.2 Å². The Balaban J connectivity index is 2.47. The summed E-state index contributed by atoms with van der Waals surface area (Å²) < 4.78 is 0. The predicted molar refractivity (Wildman–Crippen MR) is 76.0 cm³/mol. The van der Waals surface area contributed by atoms with E-state index >= 15 is 0 Å². The number of carbonyl (C=O) groups excluding carboxylic acids is 2. The summed E-state index contributed by atoms with van der Waals surface area (Å²) in [5.41, 5.74) is 0.140. The van der Waals surface area contributed by atoms with Crippen LogP contribution in [0.25, 0.3) is 0 Å². The largest absolute Gasteiger partial charge is 0.480 e. The molecule has 1 saturated heterocycles. The van der Waals surface area contributed by atoms with Crippen molar-refractivity contribution in [2.75, 3.05) is 6.54 Å². The van der Waals surface area contributed by atoms with Gasteiger partial charge in [0.1, 0.15) is 12.1 Å². The SMILES string of the molecule is CC[C@]1(c2ccc(Cl)c(C)c2)NC(=O)N(CC(=O)O)C1=O.